The van der Waals surface area contributed by atoms with Crippen LogP contribution in [0.25, 0.3) is 5.69 Å². The molecule has 2 aromatic heterocycles. The molecule has 136 valence electrons. The molecule has 0 aliphatic rings. The molecule has 4 rings (SSSR count). The second-order valence-corrected chi connectivity index (χ2v) is 7.53. The lowest BCUT2D eigenvalue weighted by Gasteiger charge is -2.07. The fourth-order valence-electron chi connectivity index (χ4n) is 2.37. The van der Waals surface area contributed by atoms with E-state index in [4.69, 9.17) is 4.74 Å². The number of aromatic nitrogens is 6. The van der Waals surface area contributed by atoms with E-state index in [2.05, 4.69) is 31.0 Å². The van der Waals surface area contributed by atoms with Crippen LogP contribution in [0.15, 0.2) is 58.9 Å². The van der Waals surface area contributed by atoms with Crippen LogP contribution in [0.3, 0.4) is 0 Å². The van der Waals surface area contributed by atoms with Gasteiger partial charge in [-0.15, -0.1) is 15.3 Å². The molecular formula is C17H15N7OS2. The lowest BCUT2D eigenvalue weighted by molar-refractivity contribution is 0.417. The number of methoxy groups -OCH3 is 1. The smallest absolute Gasteiger partial charge is 0.210 e. The fraction of sp³-hybridized carbons (Fsp3) is 0.118. The molecule has 8 nitrogen and oxygen atoms in total. The molecule has 0 aliphatic heterocycles. The van der Waals surface area contributed by atoms with Crippen molar-refractivity contribution in [1.82, 2.24) is 30.4 Å². The van der Waals surface area contributed by atoms with Crippen molar-refractivity contribution in [2.45, 2.75) is 10.1 Å². The van der Waals surface area contributed by atoms with Gasteiger partial charge < -0.3 is 10.1 Å². The normalized spacial score (nSPS) is 10.7. The molecular weight excluding hydrogens is 382 g/mol. The summed E-state index contributed by atoms with van der Waals surface area (Å²) in [5.41, 5.74) is 1.77. The largest absolute Gasteiger partial charge is 0.495 e. The Morgan fingerprint density at radius 2 is 1.85 bits per heavy atom. The molecule has 0 aliphatic carbocycles. The third kappa shape index (κ3) is 4.07. The second-order valence-electron chi connectivity index (χ2n) is 5.33. The van der Waals surface area contributed by atoms with Crippen molar-refractivity contribution in [2.24, 2.45) is 0 Å². The van der Waals surface area contributed by atoms with E-state index in [-0.39, 0.29) is 0 Å². The topological polar surface area (TPSA) is 90.6 Å². The van der Waals surface area contributed by atoms with Crippen LogP contribution in [0, 0.1) is 0 Å². The number of hydrogen-bond donors (Lipinski definition) is 1. The van der Waals surface area contributed by atoms with E-state index < -0.39 is 0 Å². The molecule has 1 N–H and O–H groups in total. The highest BCUT2D eigenvalue weighted by Gasteiger charge is 2.12. The minimum atomic E-state index is 0.588. The van der Waals surface area contributed by atoms with E-state index in [9.17, 15) is 0 Å². The highest BCUT2D eigenvalue weighted by molar-refractivity contribution is 8.00. The summed E-state index contributed by atoms with van der Waals surface area (Å²) in [5.74, 6) is 2.09. The maximum Gasteiger partial charge on any atom is 0.210 e. The SMILES string of the molecule is COc1ccccc1Nc1nnc(SCc2nnnn2-c2ccccc2)s1. The molecule has 0 saturated heterocycles. The lowest BCUT2D eigenvalue weighted by Crippen LogP contribution is -2.01. The minimum absolute atomic E-state index is 0.588. The summed E-state index contributed by atoms with van der Waals surface area (Å²) in [6, 6.07) is 17.5. The van der Waals surface area contributed by atoms with E-state index in [1.807, 2.05) is 54.6 Å². The third-order valence-corrected chi connectivity index (χ3v) is 5.58. The van der Waals surface area contributed by atoms with Crippen molar-refractivity contribution in [1.29, 1.82) is 0 Å². The van der Waals surface area contributed by atoms with Crippen LogP contribution in [-0.4, -0.2) is 37.5 Å². The first-order chi connectivity index (χ1) is 13.3. The molecule has 10 heteroatoms. The van der Waals surface area contributed by atoms with E-state index in [1.165, 1.54) is 23.1 Å². The van der Waals surface area contributed by atoms with Crippen molar-refractivity contribution >= 4 is 33.9 Å². The summed E-state index contributed by atoms with van der Waals surface area (Å²) in [7, 11) is 1.64. The summed E-state index contributed by atoms with van der Waals surface area (Å²) >= 11 is 3.01. The summed E-state index contributed by atoms with van der Waals surface area (Å²) in [6.45, 7) is 0. The van der Waals surface area contributed by atoms with Crippen LogP contribution in [0.2, 0.25) is 0 Å². The molecule has 0 amide bonds. The first kappa shape index (κ1) is 17.4. The first-order valence-corrected chi connectivity index (χ1v) is 9.83. The van der Waals surface area contributed by atoms with Crippen molar-refractivity contribution in [3.8, 4) is 11.4 Å². The van der Waals surface area contributed by atoms with Crippen molar-refractivity contribution in [2.75, 3.05) is 12.4 Å². The molecule has 0 unspecified atom stereocenters. The standard InChI is InChI=1S/C17H15N7OS2/c1-25-14-10-6-5-9-13(14)18-16-20-21-17(27-16)26-11-15-19-22-23-24(15)12-7-3-2-4-8-12/h2-10H,11H2,1H3,(H,18,20). The maximum atomic E-state index is 5.34. The molecule has 0 radical (unpaired) electrons. The number of nitrogens with one attached hydrogen (secondary N) is 1. The molecule has 4 aromatic rings. The highest BCUT2D eigenvalue weighted by Crippen LogP contribution is 2.32. The Bertz CT molecular complexity index is 1020. The van der Waals surface area contributed by atoms with Gasteiger partial charge in [0.25, 0.3) is 0 Å². The Kier molecular flexibility index (Phi) is 5.26. The van der Waals surface area contributed by atoms with Gasteiger partial charge >= 0.3 is 0 Å². The van der Waals surface area contributed by atoms with Crippen LogP contribution < -0.4 is 10.1 Å². The number of nitrogens with zero attached hydrogens (tertiary/aromatic N) is 6. The van der Waals surface area contributed by atoms with Gasteiger partial charge in [-0.1, -0.05) is 53.4 Å². The van der Waals surface area contributed by atoms with Gasteiger partial charge in [-0.05, 0) is 34.7 Å². The Balaban J connectivity index is 1.43. The Morgan fingerprint density at radius 1 is 1.04 bits per heavy atom. The summed E-state index contributed by atoms with van der Waals surface area (Å²) in [4.78, 5) is 0. The quantitative estimate of drug-likeness (QED) is 0.474. The summed E-state index contributed by atoms with van der Waals surface area (Å²) in [6.07, 6.45) is 0. The predicted molar refractivity (Wildman–Crippen MR) is 105 cm³/mol. The van der Waals surface area contributed by atoms with E-state index in [0.29, 0.717) is 10.9 Å². The molecule has 0 fully saturated rings. The van der Waals surface area contributed by atoms with Gasteiger partial charge in [-0.3, -0.25) is 0 Å². The number of rotatable bonds is 7. The van der Waals surface area contributed by atoms with Crippen molar-refractivity contribution < 1.29 is 4.74 Å². The molecule has 0 atom stereocenters. The fourth-order valence-corrected chi connectivity index (χ4v) is 4.04. The molecule has 0 bridgehead atoms. The van der Waals surface area contributed by atoms with E-state index in [1.54, 1.807) is 11.8 Å². The van der Waals surface area contributed by atoms with Gasteiger partial charge in [0.1, 0.15) is 5.75 Å². The van der Waals surface area contributed by atoms with Gasteiger partial charge in [0, 0.05) is 0 Å². The third-order valence-electron chi connectivity index (χ3n) is 3.61. The summed E-state index contributed by atoms with van der Waals surface area (Å²) in [5, 5.41) is 24.3. The average Bonchev–Trinajstić information content (AvgIpc) is 3.37. The van der Waals surface area contributed by atoms with Crippen LogP contribution >= 0.6 is 23.1 Å². The van der Waals surface area contributed by atoms with E-state index >= 15 is 0 Å². The molecule has 27 heavy (non-hydrogen) atoms. The molecule has 2 heterocycles. The Labute approximate surface area is 163 Å². The zero-order valence-electron chi connectivity index (χ0n) is 14.3. The van der Waals surface area contributed by atoms with Crippen LogP contribution in [0.4, 0.5) is 10.8 Å². The number of thioether (sulfide) groups is 1. The zero-order chi connectivity index (χ0) is 18.5. The van der Waals surface area contributed by atoms with Gasteiger partial charge in [0.05, 0.1) is 24.2 Å². The number of para-hydroxylation sites is 3. The van der Waals surface area contributed by atoms with Crippen molar-refractivity contribution in [3.63, 3.8) is 0 Å². The number of ether oxygens (including phenoxy) is 1. The van der Waals surface area contributed by atoms with Crippen molar-refractivity contribution in [3.05, 3.63) is 60.4 Å². The molecule has 0 saturated carbocycles. The molecule has 2 aromatic carbocycles. The molecule has 0 spiro atoms. The van der Waals surface area contributed by atoms with Crippen LogP contribution in [-0.2, 0) is 5.75 Å². The number of benzene rings is 2. The second kappa shape index (κ2) is 8.14. The highest BCUT2D eigenvalue weighted by atomic mass is 32.2. The van der Waals surface area contributed by atoms with E-state index in [0.717, 1.165) is 27.3 Å². The Hall–Kier alpha value is -2.98. The lowest BCUT2D eigenvalue weighted by atomic mass is 10.3. The number of hydrogen-bond acceptors (Lipinski definition) is 9. The Morgan fingerprint density at radius 3 is 2.70 bits per heavy atom. The van der Waals surface area contributed by atoms with Gasteiger partial charge in [0.2, 0.25) is 5.13 Å². The number of tetrazole rings is 1. The van der Waals surface area contributed by atoms with Gasteiger partial charge in [0.15, 0.2) is 10.2 Å². The van der Waals surface area contributed by atoms with Gasteiger partial charge in [-0.2, -0.15) is 4.68 Å². The summed E-state index contributed by atoms with van der Waals surface area (Å²) < 4.78 is 7.89. The average molecular weight is 397 g/mol. The zero-order valence-corrected chi connectivity index (χ0v) is 15.9. The first-order valence-electron chi connectivity index (χ1n) is 8.02. The maximum absolute atomic E-state index is 5.34. The van der Waals surface area contributed by atoms with Crippen LogP contribution in [0.1, 0.15) is 5.82 Å². The monoisotopic (exact) mass is 397 g/mol. The predicted octanol–water partition coefficient (Wildman–Crippen LogP) is 3.56. The van der Waals surface area contributed by atoms with Gasteiger partial charge in [-0.25, -0.2) is 0 Å². The number of anilines is 2. The minimum Gasteiger partial charge on any atom is -0.495 e. The van der Waals surface area contributed by atoms with Crippen LogP contribution in [0.5, 0.6) is 5.75 Å².